The maximum Gasteiger partial charge on any atom is 0.0789 e. The molecule has 0 amide bonds. The van der Waals surface area contributed by atoms with Crippen molar-refractivity contribution in [2.24, 2.45) is 5.92 Å². The van der Waals surface area contributed by atoms with Crippen LogP contribution in [0.4, 0.5) is 0 Å². The molecule has 0 aliphatic carbocycles. The van der Waals surface area contributed by atoms with Crippen LogP contribution in [0.3, 0.4) is 0 Å². The predicted octanol–water partition coefficient (Wildman–Crippen LogP) is 9.38. The number of pyridine rings is 1. The number of aromatic nitrogens is 1. The number of thiol groups is 1. The first kappa shape index (κ1) is 28.2. The van der Waals surface area contributed by atoms with Crippen molar-refractivity contribution in [3.63, 3.8) is 0 Å². The fourth-order valence-corrected chi connectivity index (χ4v) is 2.58. The molecular weight excluding hydrogens is 382 g/mol. The molecule has 30 heavy (non-hydrogen) atoms. The third-order valence-electron chi connectivity index (χ3n) is 5.43. The van der Waals surface area contributed by atoms with Gasteiger partial charge in [-0.1, -0.05) is 70.4 Å². The van der Waals surface area contributed by atoms with E-state index in [4.69, 9.17) is 0 Å². The van der Waals surface area contributed by atoms with E-state index in [-0.39, 0.29) is 0 Å². The van der Waals surface area contributed by atoms with Gasteiger partial charge in [0.25, 0.3) is 0 Å². The van der Waals surface area contributed by atoms with Crippen molar-refractivity contribution >= 4 is 17.5 Å². The van der Waals surface area contributed by atoms with Gasteiger partial charge in [-0.15, -0.1) is 19.2 Å². The number of allylic oxidation sites excluding steroid dienone is 2. The van der Waals surface area contributed by atoms with Gasteiger partial charge in [0.15, 0.2) is 0 Å². The molecule has 0 N–H and O–H groups in total. The molecule has 2 heteroatoms. The monoisotopic (exact) mass is 425 g/mol. The van der Waals surface area contributed by atoms with Crippen molar-refractivity contribution < 1.29 is 0 Å². The molecule has 0 saturated carbocycles. The Morgan fingerprint density at radius 1 is 1.00 bits per heavy atom. The highest BCUT2D eigenvalue weighted by molar-refractivity contribution is 7.90. The van der Waals surface area contributed by atoms with Gasteiger partial charge < -0.3 is 0 Å². The molecule has 2 rings (SSSR count). The van der Waals surface area contributed by atoms with Gasteiger partial charge in [-0.3, -0.25) is 4.98 Å². The zero-order valence-corrected chi connectivity index (χ0v) is 21.7. The first-order valence-corrected chi connectivity index (χ1v) is 11.6. The topological polar surface area (TPSA) is 12.9 Å². The van der Waals surface area contributed by atoms with Crippen LogP contribution in [0.2, 0.25) is 0 Å². The van der Waals surface area contributed by atoms with Crippen molar-refractivity contribution in [1.82, 2.24) is 4.98 Å². The van der Waals surface area contributed by atoms with E-state index in [1.165, 1.54) is 35.1 Å². The maximum atomic E-state index is 4.53. The second kappa shape index (κ2) is 15.1. The van der Waals surface area contributed by atoms with Crippen molar-refractivity contribution in [2.45, 2.75) is 81.6 Å². The first-order chi connectivity index (χ1) is 14.1. The van der Waals surface area contributed by atoms with Crippen LogP contribution in [0, 0.1) is 26.7 Å². The SMILES string of the molecule is C/C=C(/S)c1ncc(-c2ccc(C)c(C)c2)cc1C.C=C(C)CC.CCC(C)CC. The highest BCUT2D eigenvalue weighted by atomic mass is 32.1. The predicted molar refractivity (Wildman–Crippen MR) is 141 cm³/mol. The lowest BCUT2D eigenvalue weighted by molar-refractivity contribution is 0.544. The smallest absolute Gasteiger partial charge is 0.0789 e. The minimum atomic E-state index is 0.920. The summed E-state index contributed by atoms with van der Waals surface area (Å²) in [6.07, 6.45) is 7.66. The summed E-state index contributed by atoms with van der Waals surface area (Å²) in [6.45, 7) is 22.9. The summed E-state index contributed by atoms with van der Waals surface area (Å²) in [7, 11) is 0. The Balaban J connectivity index is 0.000000634. The standard InChI is InChI=1S/C17H19NS.C6H14.C5H10/c1-5-16(19)17-13(4)9-15(10-18-17)14-7-6-11(2)12(3)8-14;1-4-6(3)5-2;1-4-5(2)3/h5-10,19H,1-4H3;6H,4-5H2,1-3H3;2,4H2,1,3H3/b16-5+;;. The van der Waals surface area contributed by atoms with Gasteiger partial charge in [-0.2, -0.15) is 0 Å². The molecule has 0 bridgehead atoms. The largest absolute Gasteiger partial charge is 0.255 e. The number of hydrogen-bond donors (Lipinski definition) is 1. The summed E-state index contributed by atoms with van der Waals surface area (Å²) in [5.41, 5.74) is 8.36. The summed E-state index contributed by atoms with van der Waals surface area (Å²) < 4.78 is 0. The average Bonchev–Trinajstić information content (AvgIpc) is 2.75. The summed E-state index contributed by atoms with van der Waals surface area (Å²) in [4.78, 5) is 5.45. The molecule has 2 aromatic rings. The quantitative estimate of drug-likeness (QED) is 0.372. The molecule has 1 nitrogen and oxygen atoms in total. The van der Waals surface area contributed by atoms with Crippen LogP contribution in [0.1, 0.15) is 83.2 Å². The number of aryl methyl sites for hydroxylation is 3. The Bertz CT molecular complexity index is 813. The number of rotatable bonds is 5. The van der Waals surface area contributed by atoms with E-state index in [1.54, 1.807) is 0 Å². The minimum absolute atomic E-state index is 0.920. The fourth-order valence-electron chi connectivity index (χ4n) is 2.35. The van der Waals surface area contributed by atoms with Gasteiger partial charge in [0.05, 0.1) is 5.69 Å². The highest BCUT2D eigenvalue weighted by Crippen LogP contribution is 2.26. The summed E-state index contributed by atoms with van der Waals surface area (Å²) in [5.74, 6) is 0.935. The molecule has 1 aromatic heterocycles. The molecule has 1 aromatic carbocycles. The van der Waals surface area contributed by atoms with Crippen LogP contribution in [0.25, 0.3) is 16.0 Å². The maximum absolute atomic E-state index is 4.53. The lowest BCUT2D eigenvalue weighted by Crippen LogP contribution is -1.92. The van der Waals surface area contributed by atoms with Crippen LogP contribution in [-0.4, -0.2) is 4.98 Å². The van der Waals surface area contributed by atoms with E-state index in [2.05, 4.69) is 96.9 Å². The zero-order chi connectivity index (χ0) is 23.3. The second-order valence-corrected chi connectivity index (χ2v) is 8.58. The van der Waals surface area contributed by atoms with Crippen LogP contribution in [0.5, 0.6) is 0 Å². The van der Waals surface area contributed by atoms with E-state index in [0.717, 1.165) is 34.1 Å². The van der Waals surface area contributed by atoms with E-state index in [1.807, 2.05) is 26.1 Å². The Hall–Kier alpha value is -1.80. The Labute approximate surface area is 192 Å². The summed E-state index contributed by atoms with van der Waals surface area (Å²) >= 11 is 4.44. The average molecular weight is 426 g/mol. The van der Waals surface area contributed by atoms with Gasteiger partial charge in [0.2, 0.25) is 0 Å². The summed E-state index contributed by atoms with van der Waals surface area (Å²) in [5, 5.41) is 0. The molecule has 166 valence electrons. The van der Waals surface area contributed by atoms with Crippen molar-refractivity contribution in [1.29, 1.82) is 0 Å². The number of hydrogen-bond acceptors (Lipinski definition) is 2. The molecule has 0 radical (unpaired) electrons. The van der Waals surface area contributed by atoms with E-state index >= 15 is 0 Å². The lowest BCUT2D eigenvalue weighted by atomic mass is 10.0. The third kappa shape index (κ3) is 10.3. The Morgan fingerprint density at radius 2 is 1.53 bits per heavy atom. The molecule has 0 spiro atoms. The van der Waals surface area contributed by atoms with Crippen LogP contribution >= 0.6 is 12.6 Å². The van der Waals surface area contributed by atoms with Crippen LogP contribution in [0.15, 0.2) is 48.7 Å². The van der Waals surface area contributed by atoms with Crippen LogP contribution in [-0.2, 0) is 0 Å². The molecule has 1 heterocycles. The zero-order valence-electron chi connectivity index (χ0n) is 20.8. The van der Waals surface area contributed by atoms with Crippen LogP contribution < -0.4 is 0 Å². The molecule has 0 saturated heterocycles. The summed E-state index contributed by atoms with van der Waals surface area (Å²) in [6, 6.07) is 8.69. The van der Waals surface area contributed by atoms with E-state index < -0.39 is 0 Å². The highest BCUT2D eigenvalue weighted by Gasteiger charge is 2.06. The molecule has 0 aliphatic heterocycles. The van der Waals surface area contributed by atoms with E-state index in [9.17, 15) is 0 Å². The van der Waals surface area contributed by atoms with Gasteiger partial charge in [-0.25, -0.2) is 0 Å². The molecule has 0 unspecified atom stereocenters. The molecule has 0 atom stereocenters. The first-order valence-electron chi connectivity index (χ1n) is 11.1. The van der Waals surface area contributed by atoms with Gasteiger partial charge in [-0.05, 0) is 75.3 Å². The van der Waals surface area contributed by atoms with Gasteiger partial charge in [0, 0.05) is 16.7 Å². The van der Waals surface area contributed by atoms with Gasteiger partial charge in [0.1, 0.15) is 0 Å². The second-order valence-electron chi connectivity index (χ2n) is 8.09. The van der Waals surface area contributed by atoms with Crippen molar-refractivity contribution in [2.75, 3.05) is 0 Å². The molecule has 0 fully saturated rings. The lowest BCUT2D eigenvalue weighted by Gasteiger charge is -2.09. The van der Waals surface area contributed by atoms with E-state index in [0.29, 0.717) is 0 Å². The number of nitrogens with zero attached hydrogens (tertiary/aromatic N) is 1. The van der Waals surface area contributed by atoms with Crippen molar-refractivity contribution in [3.05, 3.63) is 71.1 Å². The van der Waals surface area contributed by atoms with Crippen molar-refractivity contribution in [3.8, 4) is 11.1 Å². The Kier molecular flexibility index (Phi) is 14.2. The number of benzene rings is 1. The normalized spacial score (nSPS) is 10.7. The van der Waals surface area contributed by atoms with Gasteiger partial charge >= 0.3 is 0 Å². The Morgan fingerprint density at radius 3 is 1.90 bits per heavy atom. The fraction of sp³-hybridized carbons (Fsp3) is 0.464. The molecule has 0 aliphatic rings. The molecular formula is C28H43NS. The minimum Gasteiger partial charge on any atom is -0.255 e. The third-order valence-corrected chi connectivity index (χ3v) is 5.90.